The van der Waals surface area contributed by atoms with Gasteiger partial charge in [-0.3, -0.25) is 4.79 Å². The van der Waals surface area contributed by atoms with Gasteiger partial charge in [0.05, 0.1) is 6.10 Å². The Bertz CT molecular complexity index is 435. The van der Waals surface area contributed by atoms with Crippen molar-refractivity contribution in [2.45, 2.75) is 32.8 Å². The van der Waals surface area contributed by atoms with Crippen LogP contribution in [0.25, 0.3) is 0 Å². The van der Waals surface area contributed by atoms with Crippen molar-refractivity contribution in [1.29, 1.82) is 0 Å². The molecule has 1 rings (SSSR count). The first-order valence-electron chi connectivity index (χ1n) is 5.97. The second kappa shape index (κ2) is 6.75. The molecule has 1 unspecified atom stereocenters. The Hall–Kier alpha value is -1.07. The third-order valence-electron chi connectivity index (χ3n) is 2.89. The number of nitrogens with two attached hydrogens (primary N) is 1. The van der Waals surface area contributed by atoms with Gasteiger partial charge in [0.25, 0.3) is 5.91 Å². The normalized spacial score (nSPS) is 12.2. The molecular formula is C13H19BrN2O2. The first-order chi connectivity index (χ1) is 8.45. The fraction of sp³-hybridized carbons (Fsp3) is 0.462. The first kappa shape index (κ1) is 15.0. The molecule has 0 aromatic heterocycles. The molecular weight excluding hydrogens is 296 g/mol. The van der Waals surface area contributed by atoms with Crippen LogP contribution in [-0.4, -0.2) is 23.7 Å². The van der Waals surface area contributed by atoms with E-state index in [4.69, 9.17) is 5.73 Å². The third kappa shape index (κ3) is 3.99. The number of benzene rings is 1. The second-order valence-electron chi connectivity index (χ2n) is 4.27. The minimum atomic E-state index is -0.362. The summed E-state index contributed by atoms with van der Waals surface area (Å²) in [5.74, 6) is -0.163. The largest absolute Gasteiger partial charge is 0.398 e. The van der Waals surface area contributed by atoms with E-state index in [-0.39, 0.29) is 12.0 Å². The van der Waals surface area contributed by atoms with Crippen LogP contribution >= 0.6 is 15.9 Å². The molecule has 100 valence electrons. The summed E-state index contributed by atoms with van der Waals surface area (Å²) in [6.45, 7) is 4.18. The van der Waals surface area contributed by atoms with Crippen molar-refractivity contribution in [3.63, 3.8) is 0 Å². The van der Waals surface area contributed by atoms with Gasteiger partial charge in [-0.1, -0.05) is 22.9 Å². The summed E-state index contributed by atoms with van der Waals surface area (Å²) in [5, 5.41) is 12.2. The van der Waals surface area contributed by atoms with Gasteiger partial charge in [0, 0.05) is 22.3 Å². The van der Waals surface area contributed by atoms with Gasteiger partial charge < -0.3 is 16.2 Å². The zero-order valence-electron chi connectivity index (χ0n) is 10.7. The van der Waals surface area contributed by atoms with Crippen LogP contribution in [0.1, 0.15) is 35.7 Å². The number of rotatable bonds is 5. The molecule has 5 heteroatoms. The molecule has 1 amide bonds. The summed E-state index contributed by atoms with van der Waals surface area (Å²) in [7, 11) is 0. The monoisotopic (exact) mass is 314 g/mol. The van der Waals surface area contributed by atoms with E-state index in [0.29, 0.717) is 30.6 Å². The van der Waals surface area contributed by atoms with Gasteiger partial charge in [0.2, 0.25) is 0 Å². The molecule has 0 saturated carbocycles. The number of aliphatic hydroxyl groups excluding tert-OH is 1. The van der Waals surface area contributed by atoms with Gasteiger partial charge in [-0.05, 0) is 37.5 Å². The molecule has 0 heterocycles. The Balaban J connectivity index is 2.67. The molecule has 0 fully saturated rings. The number of nitrogen functional groups attached to an aromatic ring is 1. The maximum absolute atomic E-state index is 12.0. The predicted molar refractivity (Wildman–Crippen MR) is 76.5 cm³/mol. The highest BCUT2D eigenvalue weighted by atomic mass is 79.9. The van der Waals surface area contributed by atoms with Crippen LogP contribution in [-0.2, 0) is 0 Å². The number of aliphatic hydroxyl groups is 1. The van der Waals surface area contributed by atoms with Crippen molar-refractivity contribution in [2.75, 3.05) is 12.3 Å². The number of carbonyl (C=O) groups excluding carboxylic acids is 1. The van der Waals surface area contributed by atoms with E-state index < -0.39 is 0 Å². The Morgan fingerprint density at radius 2 is 2.22 bits per heavy atom. The van der Waals surface area contributed by atoms with Crippen molar-refractivity contribution < 1.29 is 9.90 Å². The molecule has 0 saturated heterocycles. The minimum absolute atomic E-state index is 0.163. The lowest BCUT2D eigenvalue weighted by Gasteiger charge is -2.12. The van der Waals surface area contributed by atoms with E-state index in [1.165, 1.54) is 0 Å². The Morgan fingerprint density at radius 1 is 1.56 bits per heavy atom. The average Bonchev–Trinajstić information content (AvgIpc) is 2.33. The topological polar surface area (TPSA) is 75.3 Å². The maximum atomic E-state index is 12.0. The Labute approximate surface area is 116 Å². The molecule has 1 aromatic rings. The van der Waals surface area contributed by atoms with Crippen molar-refractivity contribution in [2.24, 2.45) is 0 Å². The number of anilines is 1. The van der Waals surface area contributed by atoms with Crippen LogP contribution in [0.4, 0.5) is 5.69 Å². The summed E-state index contributed by atoms with van der Waals surface area (Å²) >= 11 is 3.32. The van der Waals surface area contributed by atoms with Crippen molar-refractivity contribution >= 4 is 27.5 Å². The summed E-state index contributed by atoms with van der Waals surface area (Å²) in [6.07, 6.45) is 0.891. The molecule has 1 atom stereocenters. The summed E-state index contributed by atoms with van der Waals surface area (Å²) in [6, 6.07) is 3.52. The molecule has 4 nitrogen and oxygen atoms in total. The SMILES string of the molecule is CCC(O)CCNC(=O)c1cc(Br)cc(N)c1C. The third-order valence-corrected chi connectivity index (χ3v) is 3.35. The van der Waals surface area contributed by atoms with Crippen LogP contribution in [0.5, 0.6) is 0 Å². The zero-order chi connectivity index (χ0) is 13.7. The Kier molecular flexibility index (Phi) is 5.62. The fourth-order valence-corrected chi connectivity index (χ4v) is 2.06. The van der Waals surface area contributed by atoms with E-state index in [1.807, 2.05) is 13.8 Å². The number of hydrogen-bond acceptors (Lipinski definition) is 3. The van der Waals surface area contributed by atoms with Crippen molar-refractivity contribution in [3.05, 3.63) is 27.7 Å². The van der Waals surface area contributed by atoms with Gasteiger partial charge in [0.1, 0.15) is 0 Å². The highest BCUT2D eigenvalue weighted by molar-refractivity contribution is 9.10. The number of carbonyl (C=O) groups is 1. The van der Waals surface area contributed by atoms with E-state index in [2.05, 4.69) is 21.2 Å². The highest BCUT2D eigenvalue weighted by Crippen LogP contribution is 2.22. The molecule has 0 bridgehead atoms. The molecule has 0 aliphatic heterocycles. The fourth-order valence-electron chi connectivity index (χ4n) is 1.59. The van der Waals surface area contributed by atoms with E-state index in [1.54, 1.807) is 12.1 Å². The van der Waals surface area contributed by atoms with Crippen molar-refractivity contribution in [1.82, 2.24) is 5.32 Å². The van der Waals surface area contributed by atoms with Gasteiger partial charge in [-0.25, -0.2) is 0 Å². The lowest BCUT2D eigenvalue weighted by Crippen LogP contribution is -2.27. The minimum Gasteiger partial charge on any atom is -0.398 e. The van der Waals surface area contributed by atoms with Gasteiger partial charge >= 0.3 is 0 Å². The zero-order valence-corrected chi connectivity index (χ0v) is 12.3. The highest BCUT2D eigenvalue weighted by Gasteiger charge is 2.12. The standard InChI is InChI=1S/C13H19BrN2O2/c1-3-10(17)4-5-16-13(18)11-6-9(14)7-12(15)8(11)2/h6-7,10,17H,3-5,15H2,1-2H3,(H,16,18). The van der Waals surface area contributed by atoms with Gasteiger partial charge in [-0.15, -0.1) is 0 Å². The van der Waals surface area contributed by atoms with E-state index >= 15 is 0 Å². The van der Waals surface area contributed by atoms with E-state index in [9.17, 15) is 9.90 Å². The molecule has 4 N–H and O–H groups in total. The van der Waals surface area contributed by atoms with Gasteiger partial charge in [0.15, 0.2) is 0 Å². The van der Waals surface area contributed by atoms with Crippen LogP contribution < -0.4 is 11.1 Å². The lowest BCUT2D eigenvalue weighted by atomic mass is 10.1. The van der Waals surface area contributed by atoms with E-state index in [0.717, 1.165) is 10.0 Å². The second-order valence-corrected chi connectivity index (χ2v) is 5.19. The molecule has 0 aliphatic carbocycles. The molecule has 0 spiro atoms. The quantitative estimate of drug-likeness (QED) is 0.729. The molecule has 0 aliphatic rings. The summed E-state index contributed by atoms with van der Waals surface area (Å²) in [4.78, 5) is 12.0. The smallest absolute Gasteiger partial charge is 0.251 e. The van der Waals surface area contributed by atoms with Crippen LogP contribution in [0.15, 0.2) is 16.6 Å². The number of amides is 1. The first-order valence-corrected chi connectivity index (χ1v) is 6.76. The predicted octanol–water partition coefficient (Wildman–Crippen LogP) is 2.23. The van der Waals surface area contributed by atoms with Gasteiger partial charge in [-0.2, -0.15) is 0 Å². The summed E-state index contributed by atoms with van der Waals surface area (Å²) in [5.41, 5.74) is 7.73. The Morgan fingerprint density at radius 3 is 2.83 bits per heavy atom. The molecule has 0 radical (unpaired) electrons. The molecule has 18 heavy (non-hydrogen) atoms. The van der Waals surface area contributed by atoms with Crippen LogP contribution in [0.3, 0.4) is 0 Å². The number of nitrogens with one attached hydrogen (secondary N) is 1. The maximum Gasteiger partial charge on any atom is 0.251 e. The lowest BCUT2D eigenvalue weighted by molar-refractivity contribution is 0.0941. The van der Waals surface area contributed by atoms with Crippen molar-refractivity contribution in [3.8, 4) is 0 Å². The summed E-state index contributed by atoms with van der Waals surface area (Å²) < 4.78 is 0.782. The van der Waals surface area contributed by atoms with Crippen LogP contribution in [0.2, 0.25) is 0 Å². The van der Waals surface area contributed by atoms with Crippen LogP contribution in [0, 0.1) is 6.92 Å². The number of halogens is 1. The average molecular weight is 315 g/mol. The number of hydrogen-bond donors (Lipinski definition) is 3. The molecule has 1 aromatic carbocycles.